The van der Waals surface area contributed by atoms with Crippen molar-refractivity contribution in [3.8, 4) is 0 Å². The molecule has 0 spiro atoms. The number of nitrogen functional groups attached to an aromatic ring is 1. The van der Waals surface area contributed by atoms with E-state index in [2.05, 4.69) is 17.6 Å². The summed E-state index contributed by atoms with van der Waals surface area (Å²) in [4.78, 5) is 13.5. The third-order valence-electron chi connectivity index (χ3n) is 3.07. The van der Waals surface area contributed by atoms with Crippen LogP contribution in [0.1, 0.15) is 29.9 Å². The molecule has 1 aliphatic rings. The third-order valence-corrected chi connectivity index (χ3v) is 5.17. The zero-order chi connectivity index (χ0) is 13.3. The van der Waals surface area contributed by atoms with Gasteiger partial charge in [0.1, 0.15) is 9.88 Å². The standard InChI is InChI=1S/C12H19N3OS2/c1-4-14-11(16)9-8(13)10(17-3)12(18-9)15-7-5-6(7)2/h6-7,15H,4-5,13H2,1-3H3,(H,14,16). The van der Waals surface area contributed by atoms with Crippen molar-refractivity contribution >= 4 is 39.7 Å². The molecule has 18 heavy (non-hydrogen) atoms. The predicted molar refractivity (Wildman–Crippen MR) is 79.7 cm³/mol. The zero-order valence-corrected chi connectivity index (χ0v) is 12.5. The summed E-state index contributed by atoms with van der Waals surface area (Å²) in [5.41, 5.74) is 6.67. The van der Waals surface area contributed by atoms with Gasteiger partial charge in [-0.05, 0) is 25.5 Å². The van der Waals surface area contributed by atoms with E-state index in [1.807, 2.05) is 13.2 Å². The second-order valence-corrected chi connectivity index (χ2v) is 6.37. The van der Waals surface area contributed by atoms with Gasteiger partial charge in [-0.2, -0.15) is 0 Å². The van der Waals surface area contributed by atoms with Gasteiger partial charge in [-0.25, -0.2) is 0 Å². The van der Waals surface area contributed by atoms with Crippen LogP contribution in [0.5, 0.6) is 0 Å². The molecule has 1 aromatic heterocycles. The lowest BCUT2D eigenvalue weighted by molar-refractivity contribution is 0.0960. The van der Waals surface area contributed by atoms with Crippen molar-refractivity contribution in [2.75, 3.05) is 23.9 Å². The summed E-state index contributed by atoms with van der Waals surface area (Å²) in [6.45, 7) is 4.74. The predicted octanol–water partition coefficient (Wildman–Crippen LogP) is 2.62. The normalized spacial score (nSPS) is 21.7. The Hall–Kier alpha value is -0.880. The highest BCUT2D eigenvalue weighted by Gasteiger charge is 2.34. The molecule has 1 saturated carbocycles. The van der Waals surface area contributed by atoms with Crippen LogP contribution in [0.15, 0.2) is 4.90 Å². The summed E-state index contributed by atoms with van der Waals surface area (Å²) < 4.78 is 0. The summed E-state index contributed by atoms with van der Waals surface area (Å²) in [5.74, 6) is 0.642. The average Bonchev–Trinajstić information content (AvgIpc) is 2.91. The molecule has 0 aliphatic heterocycles. The summed E-state index contributed by atoms with van der Waals surface area (Å²) >= 11 is 3.05. The molecular formula is C12H19N3OS2. The lowest BCUT2D eigenvalue weighted by Gasteiger charge is -2.04. The van der Waals surface area contributed by atoms with Gasteiger partial charge in [0.15, 0.2) is 0 Å². The van der Waals surface area contributed by atoms with E-state index in [-0.39, 0.29) is 5.91 Å². The van der Waals surface area contributed by atoms with Crippen molar-refractivity contribution in [3.63, 3.8) is 0 Å². The maximum atomic E-state index is 11.9. The lowest BCUT2D eigenvalue weighted by atomic mass is 10.3. The first kappa shape index (κ1) is 13.5. The van der Waals surface area contributed by atoms with Gasteiger partial charge in [0.05, 0.1) is 10.6 Å². The zero-order valence-electron chi connectivity index (χ0n) is 10.9. The van der Waals surface area contributed by atoms with E-state index in [0.29, 0.717) is 23.2 Å². The van der Waals surface area contributed by atoms with E-state index in [1.54, 1.807) is 11.8 Å². The fourth-order valence-corrected chi connectivity index (χ4v) is 3.83. The molecule has 6 heteroatoms. The Kier molecular flexibility index (Phi) is 4.07. The molecule has 4 nitrogen and oxygen atoms in total. The molecule has 0 aromatic carbocycles. The lowest BCUT2D eigenvalue weighted by Crippen LogP contribution is -2.22. The van der Waals surface area contributed by atoms with Gasteiger partial charge in [0.2, 0.25) is 0 Å². The Morgan fingerprint density at radius 3 is 2.78 bits per heavy atom. The molecule has 100 valence electrons. The van der Waals surface area contributed by atoms with Crippen LogP contribution >= 0.6 is 23.1 Å². The molecule has 2 atom stereocenters. The minimum atomic E-state index is -0.0767. The number of hydrogen-bond donors (Lipinski definition) is 3. The van der Waals surface area contributed by atoms with Crippen molar-refractivity contribution in [2.45, 2.75) is 31.2 Å². The molecule has 1 aliphatic carbocycles. The van der Waals surface area contributed by atoms with Gasteiger partial charge in [0, 0.05) is 12.6 Å². The van der Waals surface area contributed by atoms with Crippen LogP contribution in [-0.4, -0.2) is 24.7 Å². The van der Waals surface area contributed by atoms with E-state index in [1.165, 1.54) is 17.8 Å². The summed E-state index contributed by atoms with van der Waals surface area (Å²) in [7, 11) is 0. The Balaban J connectivity index is 2.23. The number of rotatable bonds is 5. The van der Waals surface area contributed by atoms with E-state index < -0.39 is 0 Å². The maximum Gasteiger partial charge on any atom is 0.263 e. The fourth-order valence-electron chi connectivity index (χ4n) is 1.83. The number of amides is 1. The number of thiophene rings is 1. The molecule has 2 rings (SSSR count). The van der Waals surface area contributed by atoms with Crippen molar-refractivity contribution < 1.29 is 4.79 Å². The van der Waals surface area contributed by atoms with Crippen LogP contribution in [-0.2, 0) is 0 Å². The van der Waals surface area contributed by atoms with Crippen LogP contribution in [0.2, 0.25) is 0 Å². The summed E-state index contributed by atoms with van der Waals surface area (Å²) in [5, 5.41) is 7.32. The maximum absolute atomic E-state index is 11.9. The average molecular weight is 285 g/mol. The summed E-state index contributed by atoms with van der Waals surface area (Å²) in [6, 6.07) is 0.538. The molecular weight excluding hydrogens is 266 g/mol. The van der Waals surface area contributed by atoms with Crippen LogP contribution < -0.4 is 16.4 Å². The fraction of sp³-hybridized carbons (Fsp3) is 0.583. The highest BCUT2D eigenvalue weighted by molar-refractivity contribution is 7.99. The second kappa shape index (κ2) is 5.40. The highest BCUT2D eigenvalue weighted by Crippen LogP contribution is 2.44. The van der Waals surface area contributed by atoms with Crippen LogP contribution in [0, 0.1) is 5.92 Å². The first-order valence-electron chi connectivity index (χ1n) is 6.09. The number of carbonyl (C=O) groups is 1. The van der Waals surface area contributed by atoms with Crippen LogP contribution in [0.4, 0.5) is 10.7 Å². The minimum absolute atomic E-state index is 0.0767. The molecule has 0 bridgehead atoms. The smallest absolute Gasteiger partial charge is 0.263 e. The first-order valence-corrected chi connectivity index (χ1v) is 8.13. The molecule has 1 amide bonds. The third kappa shape index (κ3) is 2.59. The van der Waals surface area contributed by atoms with Crippen molar-refractivity contribution in [1.29, 1.82) is 0 Å². The van der Waals surface area contributed by atoms with Gasteiger partial charge < -0.3 is 16.4 Å². The Labute approximate surface area is 116 Å². The molecule has 1 heterocycles. The van der Waals surface area contributed by atoms with E-state index in [0.717, 1.165) is 15.8 Å². The number of hydrogen-bond acceptors (Lipinski definition) is 5. The van der Waals surface area contributed by atoms with Crippen molar-refractivity contribution in [2.24, 2.45) is 5.92 Å². The minimum Gasteiger partial charge on any atom is -0.396 e. The van der Waals surface area contributed by atoms with E-state index in [9.17, 15) is 4.79 Å². The quantitative estimate of drug-likeness (QED) is 0.728. The molecule has 0 radical (unpaired) electrons. The van der Waals surface area contributed by atoms with Crippen LogP contribution in [0.3, 0.4) is 0 Å². The molecule has 4 N–H and O–H groups in total. The number of thioether (sulfide) groups is 1. The van der Waals surface area contributed by atoms with Gasteiger partial charge in [-0.3, -0.25) is 4.79 Å². The number of anilines is 2. The first-order chi connectivity index (χ1) is 8.58. The Morgan fingerprint density at radius 1 is 1.61 bits per heavy atom. The van der Waals surface area contributed by atoms with Gasteiger partial charge in [-0.1, -0.05) is 6.92 Å². The SMILES string of the molecule is CCNC(=O)c1sc(NC2CC2C)c(SC)c1N. The topological polar surface area (TPSA) is 67.2 Å². The second-order valence-electron chi connectivity index (χ2n) is 4.53. The highest BCUT2D eigenvalue weighted by atomic mass is 32.2. The number of carbonyl (C=O) groups excluding carboxylic acids is 1. The van der Waals surface area contributed by atoms with Gasteiger partial charge in [0.25, 0.3) is 5.91 Å². The summed E-state index contributed by atoms with van der Waals surface area (Å²) in [6.07, 6.45) is 3.18. The van der Waals surface area contributed by atoms with E-state index >= 15 is 0 Å². The number of nitrogens with two attached hydrogens (primary N) is 1. The van der Waals surface area contributed by atoms with Crippen LogP contribution in [0.25, 0.3) is 0 Å². The monoisotopic (exact) mass is 285 g/mol. The van der Waals surface area contributed by atoms with Crippen molar-refractivity contribution in [1.82, 2.24) is 5.32 Å². The van der Waals surface area contributed by atoms with E-state index in [4.69, 9.17) is 5.73 Å². The number of nitrogens with one attached hydrogen (secondary N) is 2. The largest absolute Gasteiger partial charge is 0.396 e. The molecule has 1 aromatic rings. The molecule has 0 saturated heterocycles. The Morgan fingerprint density at radius 2 is 2.28 bits per heavy atom. The van der Waals surface area contributed by atoms with Gasteiger partial charge >= 0.3 is 0 Å². The Bertz CT molecular complexity index is 458. The molecule has 2 unspecified atom stereocenters. The van der Waals surface area contributed by atoms with Crippen molar-refractivity contribution in [3.05, 3.63) is 4.88 Å². The molecule has 1 fully saturated rings. The van der Waals surface area contributed by atoms with Gasteiger partial charge in [-0.15, -0.1) is 23.1 Å².